The van der Waals surface area contributed by atoms with Gasteiger partial charge in [-0.25, -0.2) is 9.24 Å². The van der Waals surface area contributed by atoms with Crippen LogP contribution in [0.5, 0.6) is 11.8 Å². The van der Waals surface area contributed by atoms with E-state index in [1.54, 1.807) is 37.4 Å². The zero-order valence-electron chi connectivity index (χ0n) is 17.9. The maximum Gasteiger partial charge on any atom is 0.299 e. The Morgan fingerprint density at radius 2 is 2.00 bits per heavy atom. The van der Waals surface area contributed by atoms with Gasteiger partial charge >= 0.3 is 0 Å². The van der Waals surface area contributed by atoms with E-state index in [-0.39, 0.29) is 28.9 Å². The van der Waals surface area contributed by atoms with Crippen molar-refractivity contribution in [3.63, 3.8) is 0 Å². The number of nitrogens with one attached hydrogen (secondary N) is 1. The van der Waals surface area contributed by atoms with Crippen LogP contribution in [-0.2, 0) is 7.05 Å². The lowest BCUT2D eigenvalue weighted by Crippen LogP contribution is -2.30. The van der Waals surface area contributed by atoms with Crippen molar-refractivity contribution in [1.29, 1.82) is 0 Å². The van der Waals surface area contributed by atoms with Crippen molar-refractivity contribution >= 4 is 5.69 Å². The molecule has 7 nitrogen and oxygen atoms in total. The van der Waals surface area contributed by atoms with Crippen LogP contribution in [0, 0.1) is 12.4 Å². The third-order valence-corrected chi connectivity index (χ3v) is 5.54. The predicted octanol–water partition coefficient (Wildman–Crippen LogP) is 3.94. The first kappa shape index (κ1) is 21.5. The second-order valence-electron chi connectivity index (χ2n) is 7.59. The average molecular weight is 434 g/mol. The normalized spacial score (nSPS) is 15.4. The number of nitrogens with zero attached hydrogens (tertiary/aromatic N) is 3. The highest BCUT2D eigenvalue weighted by Gasteiger charge is 2.21. The van der Waals surface area contributed by atoms with Crippen molar-refractivity contribution in [2.45, 2.75) is 18.9 Å². The van der Waals surface area contributed by atoms with Crippen LogP contribution in [0.3, 0.4) is 0 Å². The monoisotopic (exact) mass is 434 g/mol. The zero-order chi connectivity index (χ0) is 22.7. The quantitative estimate of drug-likeness (QED) is 0.595. The zero-order valence-corrected chi connectivity index (χ0v) is 17.9. The van der Waals surface area contributed by atoms with Gasteiger partial charge in [-0.1, -0.05) is 30.3 Å². The molecule has 1 N–H and O–H groups in total. The van der Waals surface area contributed by atoms with Crippen molar-refractivity contribution in [3.05, 3.63) is 70.1 Å². The molecule has 0 amide bonds. The molecule has 1 aliphatic heterocycles. The molecule has 4 rings (SSSR count). The molecule has 1 fully saturated rings. The molecule has 2 aromatic carbocycles. The van der Waals surface area contributed by atoms with E-state index in [2.05, 4.69) is 15.1 Å². The summed E-state index contributed by atoms with van der Waals surface area (Å²) in [5, 5.41) is 3.35. The van der Waals surface area contributed by atoms with E-state index in [4.69, 9.17) is 16.0 Å². The van der Waals surface area contributed by atoms with Gasteiger partial charge in [0.05, 0.1) is 24.9 Å². The summed E-state index contributed by atoms with van der Waals surface area (Å²) < 4.78 is 26.7. The summed E-state index contributed by atoms with van der Waals surface area (Å²) in [4.78, 5) is 21.5. The smallest absolute Gasteiger partial charge is 0.299 e. The highest BCUT2D eigenvalue weighted by Crippen LogP contribution is 2.32. The second-order valence-corrected chi connectivity index (χ2v) is 7.59. The maximum absolute atomic E-state index is 14.5. The molecular weight excluding hydrogens is 411 g/mol. The average Bonchev–Trinajstić information content (AvgIpc) is 3.33. The summed E-state index contributed by atoms with van der Waals surface area (Å²) >= 11 is 0. The summed E-state index contributed by atoms with van der Waals surface area (Å²) in [6, 6.07) is 11.5. The largest absolute Gasteiger partial charge is 0.494 e. The Balaban J connectivity index is 1.85. The Morgan fingerprint density at radius 1 is 1.25 bits per heavy atom. The van der Waals surface area contributed by atoms with E-state index in [0.29, 0.717) is 29.1 Å². The summed E-state index contributed by atoms with van der Waals surface area (Å²) in [6.45, 7) is 8.51. The minimum Gasteiger partial charge on any atom is -0.494 e. The molecule has 32 heavy (non-hydrogen) atoms. The Morgan fingerprint density at radius 3 is 2.62 bits per heavy atom. The topological polar surface area (TPSA) is 69.7 Å². The Kier molecular flexibility index (Phi) is 6.19. The van der Waals surface area contributed by atoms with E-state index < -0.39 is 5.82 Å². The summed E-state index contributed by atoms with van der Waals surface area (Å²) in [7, 11) is 2.97. The van der Waals surface area contributed by atoms with Crippen LogP contribution >= 0.6 is 0 Å². The third-order valence-electron chi connectivity index (χ3n) is 5.54. The van der Waals surface area contributed by atoms with Crippen molar-refractivity contribution in [2.24, 2.45) is 7.05 Å². The van der Waals surface area contributed by atoms with Crippen LogP contribution < -0.4 is 20.3 Å². The summed E-state index contributed by atoms with van der Waals surface area (Å²) in [5.41, 5.74) is 1.73. The molecule has 1 saturated heterocycles. The minimum atomic E-state index is -0.575. The first-order chi connectivity index (χ1) is 15.5. The van der Waals surface area contributed by atoms with E-state index in [0.717, 1.165) is 19.4 Å². The van der Waals surface area contributed by atoms with E-state index in [1.807, 2.05) is 0 Å². The molecule has 0 aliphatic carbocycles. The van der Waals surface area contributed by atoms with E-state index in [9.17, 15) is 9.18 Å². The standard InChI is InChI=1S/C24H23FN4O3/c1-26-17-9-6-15(7-10-17)22-21(16-8-11-20(31-3)19(25)13-16)23(30)29(2)24(28-22)32-14-18-5-4-12-27-18/h6-11,13,18,27H,4-5,12,14H2,2-3H3. The number of hydrogen-bond acceptors (Lipinski definition) is 5. The number of aromatic nitrogens is 2. The lowest BCUT2D eigenvalue weighted by molar-refractivity contribution is 0.246. The van der Waals surface area contributed by atoms with Crippen molar-refractivity contribution in [2.75, 3.05) is 20.3 Å². The first-order valence-corrected chi connectivity index (χ1v) is 10.3. The van der Waals surface area contributed by atoms with E-state index >= 15 is 0 Å². The van der Waals surface area contributed by atoms with Crippen LogP contribution in [0.4, 0.5) is 10.1 Å². The SMILES string of the molecule is [C-]#[N+]c1ccc(-c2nc(OCC3CCCN3)n(C)c(=O)c2-c2ccc(OC)c(F)c2)cc1. The van der Waals surface area contributed by atoms with Crippen molar-refractivity contribution in [1.82, 2.24) is 14.9 Å². The molecule has 1 atom stereocenters. The van der Waals surface area contributed by atoms with Crippen molar-refractivity contribution in [3.8, 4) is 34.1 Å². The molecule has 8 heteroatoms. The van der Waals surface area contributed by atoms with Gasteiger partial charge in [-0.2, -0.15) is 4.98 Å². The number of benzene rings is 2. The molecule has 0 saturated carbocycles. The minimum absolute atomic E-state index is 0.0884. The second kappa shape index (κ2) is 9.20. The van der Waals surface area contributed by atoms with Crippen LogP contribution in [0.25, 0.3) is 27.2 Å². The van der Waals surface area contributed by atoms with Gasteiger partial charge in [0.15, 0.2) is 17.3 Å². The van der Waals surface area contributed by atoms with Gasteiger partial charge in [0, 0.05) is 13.1 Å². The van der Waals surface area contributed by atoms with Crippen molar-refractivity contribution < 1.29 is 13.9 Å². The molecule has 164 valence electrons. The highest BCUT2D eigenvalue weighted by atomic mass is 19.1. The molecule has 2 heterocycles. The molecule has 0 spiro atoms. The lowest BCUT2D eigenvalue weighted by Gasteiger charge is -2.17. The summed E-state index contributed by atoms with van der Waals surface area (Å²) in [5.74, 6) is -0.487. The lowest BCUT2D eigenvalue weighted by atomic mass is 10.00. The first-order valence-electron chi connectivity index (χ1n) is 10.3. The van der Waals surface area contributed by atoms with Gasteiger partial charge in [-0.05, 0) is 42.6 Å². The maximum atomic E-state index is 14.5. The van der Waals surface area contributed by atoms with Gasteiger partial charge in [-0.3, -0.25) is 9.36 Å². The number of methoxy groups -OCH3 is 1. The summed E-state index contributed by atoms with van der Waals surface area (Å²) in [6.07, 6.45) is 2.09. The third kappa shape index (κ3) is 4.20. The Hall–Kier alpha value is -3.70. The van der Waals surface area contributed by atoms with Crippen LogP contribution in [0.1, 0.15) is 12.8 Å². The number of hydrogen-bond donors (Lipinski definition) is 1. The molecule has 0 bridgehead atoms. The van der Waals surface area contributed by atoms with Crippen LogP contribution in [-0.4, -0.2) is 35.9 Å². The van der Waals surface area contributed by atoms with Crippen LogP contribution in [0.2, 0.25) is 0 Å². The fourth-order valence-electron chi connectivity index (χ4n) is 3.77. The van der Waals surface area contributed by atoms with Crippen LogP contribution in [0.15, 0.2) is 47.3 Å². The number of halogens is 1. The molecule has 1 aromatic heterocycles. The number of rotatable bonds is 6. The Bertz CT molecular complexity index is 1230. The molecule has 3 aromatic rings. The fourth-order valence-corrected chi connectivity index (χ4v) is 3.77. The van der Waals surface area contributed by atoms with Gasteiger partial charge < -0.3 is 14.8 Å². The molecule has 1 aliphatic rings. The van der Waals surface area contributed by atoms with Gasteiger partial charge in [0.25, 0.3) is 11.6 Å². The molecule has 0 radical (unpaired) electrons. The number of ether oxygens (including phenoxy) is 2. The highest BCUT2D eigenvalue weighted by molar-refractivity contribution is 5.81. The van der Waals surface area contributed by atoms with E-state index in [1.165, 1.54) is 23.8 Å². The molecular formula is C24H23FN4O3. The Labute approximate surface area is 185 Å². The fraction of sp³-hybridized carbons (Fsp3) is 0.292. The van der Waals surface area contributed by atoms with Gasteiger partial charge in [-0.15, -0.1) is 0 Å². The van der Waals surface area contributed by atoms with Gasteiger partial charge in [0.2, 0.25) is 0 Å². The molecule has 1 unspecified atom stereocenters. The van der Waals surface area contributed by atoms with Gasteiger partial charge in [0.1, 0.15) is 6.61 Å². The predicted molar refractivity (Wildman–Crippen MR) is 120 cm³/mol.